The van der Waals surface area contributed by atoms with Crippen LogP contribution in [0.25, 0.3) is 5.70 Å². The van der Waals surface area contributed by atoms with Gasteiger partial charge in [-0.25, -0.2) is 4.99 Å². The molecule has 0 bridgehead atoms. The molecule has 7 heteroatoms. The van der Waals surface area contributed by atoms with Crippen LogP contribution >= 0.6 is 23.2 Å². The second-order valence-electron chi connectivity index (χ2n) is 9.48. The zero-order valence-electron chi connectivity index (χ0n) is 21.1. The first-order valence-electron chi connectivity index (χ1n) is 12.1. The van der Waals surface area contributed by atoms with Crippen LogP contribution in [0.5, 0.6) is 0 Å². The van der Waals surface area contributed by atoms with Gasteiger partial charge in [0.05, 0.1) is 21.5 Å². The molecule has 2 amide bonds. The lowest BCUT2D eigenvalue weighted by Gasteiger charge is -2.18. The van der Waals surface area contributed by atoms with E-state index in [4.69, 9.17) is 28.2 Å². The van der Waals surface area contributed by atoms with Crippen molar-refractivity contribution in [3.05, 3.63) is 105 Å². The SMILES string of the molecule is C=C(N=C1C(C)=CC(C)=C/C1=C(/C)C(=O)Nc1ccc(C(=O)NCC2CC2)cc1)c1ccc(Cl)c(Cl)c1. The quantitative estimate of drug-likeness (QED) is 0.363. The van der Waals surface area contributed by atoms with Crippen LogP contribution in [0.2, 0.25) is 10.0 Å². The molecule has 2 aromatic rings. The highest BCUT2D eigenvalue weighted by molar-refractivity contribution is 6.42. The number of rotatable bonds is 7. The molecular weight excluding hydrogens is 505 g/mol. The minimum Gasteiger partial charge on any atom is -0.352 e. The third kappa shape index (κ3) is 6.68. The Morgan fingerprint density at radius 1 is 1.00 bits per heavy atom. The predicted octanol–water partition coefficient (Wildman–Crippen LogP) is 7.41. The Balaban J connectivity index is 1.54. The zero-order valence-corrected chi connectivity index (χ0v) is 22.6. The molecule has 1 saturated carbocycles. The number of halogens is 2. The number of benzene rings is 2. The highest BCUT2D eigenvalue weighted by Gasteiger charge is 2.22. The standard InChI is InChI=1S/C30H29Cl2N3O2/c1-17-13-18(2)28(34-20(4)23-9-12-26(31)27(32)15-23)25(14-17)19(3)29(36)35-24-10-7-22(8-11-24)30(37)33-16-21-5-6-21/h7-15,21H,4-6,16H2,1-3H3,(H,33,37)(H,35,36)/b25-19+,34-28?. The van der Waals surface area contributed by atoms with Gasteiger partial charge in [-0.2, -0.15) is 0 Å². The summed E-state index contributed by atoms with van der Waals surface area (Å²) < 4.78 is 0. The Bertz CT molecular complexity index is 1390. The lowest BCUT2D eigenvalue weighted by molar-refractivity contribution is -0.112. The topological polar surface area (TPSA) is 70.6 Å². The summed E-state index contributed by atoms with van der Waals surface area (Å²) in [6.45, 7) is 10.5. The molecule has 0 aliphatic heterocycles. The average molecular weight is 534 g/mol. The van der Waals surface area contributed by atoms with E-state index in [1.54, 1.807) is 43.3 Å². The van der Waals surface area contributed by atoms with Crippen molar-refractivity contribution in [1.82, 2.24) is 5.32 Å². The van der Waals surface area contributed by atoms with Gasteiger partial charge in [0.15, 0.2) is 0 Å². The number of hydrogen-bond donors (Lipinski definition) is 2. The molecule has 37 heavy (non-hydrogen) atoms. The minimum atomic E-state index is -0.257. The highest BCUT2D eigenvalue weighted by atomic mass is 35.5. The number of nitrogens with zero attached hydrogens (tertiary/aromatic N) is 1. The Labute approximate surface area is 227 Å². The summed E-state index contributed by atoms with van der Waals surface area (Å²) in [5.74, 6) is 0.257. The number of carbonyl (C=O) groups is 2. The highest BCUT2D eigenvalue weighted by Crippen LogP contribution is 2.30. The maximum atomic E-state index is 13.2. The number of anilines is 1. The van der Waals surface area contributed by atoms with E-state index < -0.39 is 0 Å². The lowest BCUT2D eigenvalue weighted by Crippen LogP contribution is -2.25. The third-order valence-electron chi connectivity index (χ3n) is 6.34. The van der Waals surface area contributed by atoms with Crippen molar-refractivity contribution in [3.63, 3.8) is 0 Å². The molecule has 4 rings (SSSR count). The van der Waals surface area contributed by atoms with E-state index in [0.717, 1.165) is 16.7 Å². The zero-order chi connectivity index (χ0) is 26.7. The Hall–Kier alpha value is -3.41. The number of allylic oxidation sites excluding steroid dienone is 5. The Morgan fingerprint density at radius 3 is 2.32 bits per heavy atom. The molecule has 0 unspecified atom stereocenters. The van der Waals surface area contributed by atoms with E-state index in [2.05, 4.69) is 17.2 Å². The summed E-state index contributed by atoms with van der Waals surface area (Å²) in [4.78, 5) is 30.3. The van der Waals surface area contributed by atoms with Crippen LogP contribution in [0.4, 0.5) is 5.69 Å². The maximum absolute atomic E-state index is 13.2. The summed E-state index contributed by atoms with van der Waals surface area (Å²) in [6.07, 6.45) is 6.32. The Kier molecular flexibility index (Phi) is 8.16. The molecule has 2 aliphatic rings. The van der Waals surface area contributed by atoms with Crippen molar-refractivity contribution in [1.29, 1.82) is 0 Å². The average Bonchev–Trinajstić information content (AvgIpc) is 3.70. The van der Waals surface area contributed by atoms with Gasteiger partial charge in [-0.3, -0.25) is 9.59 Å². The van der Waals surface area contributed by atoms with Gasteiger partial charge in [0, 0.05) is 34.5 Å². The van der Waals surface area contributed by atoms with E-state index in [0.29, 0.717) is 56.3 Å². The monoisotopic (exact) mass is 533 g/mol. The van der Waals surface area contributed by atoms with Crippen molar-refractivity contribution in [2.75, 3.05) is 11.9 Å². The van der Waals surface area contributed by atoms with E-state index in [9.17, 15) is 9.59 Å². The van der Waals surface area contributed by atoms with Crippen molar-refractivity contribution >= 4 is 52.1 Å². The molecule has 190 valence electrons. The van der Waals surface area contributed by atoms with Gasteiger partial charge in [0.25, 0.3) is 11.8 Å². The number of nitrogens with one attached hydrogen (secondary N) is 2. The van der Waals surface area contributed by atoms with E-state index in [-0.39, 0.29) is 11.8 Å². The van der Waals surface area contributed by atoms with Gasteiger partial charge < -0.3 is 10.6 Å². The van der Waals surface area contributed by atoms with Crippen molar-refractivity contribution in [2.24, 2.45) is 10.9 Å². The lowest BCUT2D eigenvalue weighted by atomic mass is 9.90. The van der Waals surface area contributed by atoms with Gasteiger partial charge in [0.2, 0.25) is 0 Å². The van der Waals surface area contributed by atoms with E-state index >= 15 is 0 Å². The summed E-state index contributed by atoms with van der Waals surface area (Å²) >= 11 is 12.2. The molecular formula is C30H29Cl2N3O2. The first-order chi connectivity index (χ1) is 17.6. The van der Waals surface area contributed by atoms with Crippen LogP contribution in [-0.4, -0.2) is 24.1 Å². The molecule has 2 aliphatic carbocycles. The molecule has 5 nitrogen and oxygen atoms in total. The van der Waals surface area contributed by atoms with Gasteiger partial charge >= 0.3 is 0 Å². The molecule has 0 atom stereocenters. The number of carbonyl (C=O) groups excluding carboxylic acids is 2. The number of hydrogen-bond acceptors (Lipinski definition) is 3. The molecule has 0 saturated heterocycles. The van der Waals surface area contributed by atoms with Crippen molar-refractivity contribution in [3.8, 4) is 0 Å². The fourth-order valence-electron chi connectivity index (χ4n) is 3.98. The first-order valence-corrected chi connectivity index (χ1v) is 12.9. The van der Waals surface area contributed by atoms with Crippen LogP contribution in [-0.2, 0) is 4.79 Å². The van der Waals surface area contributed by atoms with Crippen LogP contribution in [0.15, 0.2) is 88.5 Å². The van der Waals surface area contributed by atoms with Crippen LogP contribution in [0.1, 0.15) is 49.5 Å². The van der Waals surface area contributed by atoms with Crippen LogP contribution in [0, 0.1) is 5.92 Å². The molecule has 1 fully saturated rings. The number of amides is 2. The summed E-state index contributed by atoms with van der Waals surface area (Å²) in [6, 6.07) is 12.1. The molecule has 0 heterocycles. The van der Waals surface area contributed by atoms with E-state index in [1.165, 1.54) is 12.8 Å². The van der Waals surface area contributed by atoms with Crippen LogP contribution < -0.4 is 10.6 Å². The minimum absolute atomic E-state index is 0.101. The Morgan fingerprint density at radius 2 is 1.68 bits per heavy atom. The summed E-state index contributed by atoms with van der Waals surface area (Å²) in [5.41, 5.74) is 6.24. The normalized spacial score (nSPS) is 17.6. The van der Waals surface area contributed by atoms with Gasteiger partial charge in [-0.05, 0) is 87.6 Å². The largest absolute Gasteiger partial charge is 0.352 e. The predicted molar refractivity (Wildman–Crippen MR) is 153 cm³/mol. The fraction of sp³-hybridized carbons (Fsp3) is 0.233. The maximum Gasteiger partial charge on any atom is 0.251 e. The molecule has 2 aromatic carbocycles. The van der Waals surface area contributed by atoms with E-state index in [1.807, 2.05) is 32.1 Å². The van der Waals surface area contributed by atoms with Crippen LogP contribution in [0.3, 0.4) is 0 Å². The second-order valence-corrected chi connectivity index (χ2v) is 10.3. The molecule has 0 aromatic heterocycles. The van der Waals surface area contributed by atoms with Crippen molar-refractivity contribution < 1.29 is 9.59 Å². The summed E-state index contributed by atoms with van der Waals surface area (Å²) in [5, 5.41) is 6.75. The number of aliphatic imine (C=N–C) groups is 1. The third-order valence-corrected chi connectivity index (χ3v) is 7.08. The fourth-order valence-corrected chi connectivity index (χ4v) is 4.28. The first kappa shape index (κ1) is 26.6. The molecule has 0 spiro atoms. The van der Waals surface area contributed by atoms with Gasteiger partial charge in [-0.15, -0.1) is 0 Å². The second kappa shape index (κ2) is 11.3. The molecule has 0 radical (unpaired) electrons. The molecule has 2 N–H and O–H groups in total. The van der Waals surface area contributed by atoms with Gasteiger partial charge in [0.1, 0.15) is 0 Å². The van der Waals surface area contributed by atoms with Crippen molar-refractivity contribution in [2.45, 2.75) is 33.6 Å². The smallest absolute Gasteiger partial charge is 0.251 e. The van der Waals surface area contributed by atoms with Gasteiger partial charge in [-0.1, -0.05) is 47.5 Å². The summed E-state index contributed by atoms with van der Waals surface area (Å²) in [7, 11) is 0.